The Bertz CT molecular complexity index is 189. The van der Waals surface area contributed by atoms with Crippen molar-refractivity contribution < 1.29 is 0 Å². The molecule has 1 aliphatic rings. The molecule has 0 amide bonds. The van der Waals surface area contributed by atoms with Crippen LogP contribution >= 0.6 is 0 Å². The molecule has 1 fully saturated rings. The van der Waals surface area contributed by atoms with E-state index < -0.39 is 0 Å². The van der Waals surface area contributed by atoms with Crippen molar-refractivity contribution in [1.82, 2.24) is 9.80 Å². The van der Waals surface area contributed by atoms with Gasteiger partial charge in [-0.3, -0.25) is 5.41 Å². The summed E-state index contributed by atoms with van der Waals surface area (Å²) in [6.45, 7) is 7.75. The lowest BCUT2D eigenvalue weighted by atomic mass is 10.3. The van der Waals surface area contributed by atoms with Crippen molar-refractivity contribution in [2.75, 3.05) is 26.7 Å². The summed E-state index contributed by atoms with van der Waals surface area (Å²) >= 11 is 0. The number of nitrogens with one attached hydrogen (secondary N) is 1. The van der Waals surface area contributed by atoms with Gasteiger partial charge in [0, 0.05) is 25.6 Å². The quantitative estimate of drug-likeness (QED) is 0.728. The molecule has 0 aromatic heterocycles. The minimum Gasteiger partial charge on any atom is -0.360 e. The highest BCUT2D eigenvalue weighted by Crippen LogP contribution is 2.10. The molecule has 82 valence electrons. The molecule has 0 radical (unpaired) electrons. The summed E-state index contributed by atoms with van der Waals surface area (Å²) in [4.78, 5) is 4.58. The Morgan fingerprint density at radius 1 is 1.50 bits per heavy atom. The highest BCUT2D eigenvalue weighted by molar-refractivity contribution is 5.80. The Balaban J connectivity index is 2.12. The number of hydrogen-bond donors (Lipinski definition) is 1. The van der Waals surface area contributed by atoms with Crippen molar-refractivity contribution in [3.8, 4) is 0 Å². The first kappa shape index (κ1) is 11.5. The Labute approximate surface area is 87.6 Å². The third-order valence-electron chi connectivity index (χ3n) is 3.04. The standard InChI is InChI=1S/C11H23N3/c1-10(2)13(3)7-5-9-14-8-4-6-11(14)12/h10,12H,4-9H2,1-3H3. The minimum atomic E-state index is 0.632. The second kappa shape index (κ2) is 5.35. The molecule has 0 saturated carbocycles. The first-order valence-corrected chi connectivity index (χ1v) is 5.64. The molecule has 0 aromatic carbocycles. The van der Waals surface area contributed by atoms with E-state index in [1.54, 1.807) is 0 Å². The maximum absolute atomic E-state index is 7.69. The third kappa shape index (κ3) is 3.29. The molecular weight excluding hydrogens is 174 g/mol. The van der Waals surface area contributed by atoms with Gasteiger partial charge < -0.3 is 9.80 Å². The highest BCUT2D eigenvalue weighted by Gasteiger charge is 2.15. The van der Waals surface area contributed by atoms with Crippen LogP contribution in [-0.2, 0) is 0 Å². The molecule has 14 heavy (non-hydrogen) atoms. The first-order valence-electron chi connectivity index (χ1n) is 5.64. The summed E-state index contributed by atoms with van der Waals surface area (Å²) in [6, 6.07) is 0.632. The molecule has 3 heteroatoms. The van der Waals surface area contributed by atoms with E-state index in [4.69, 9.17) is 5.41 Å². The van der Waals surface area contributed by atoms with E-state index in [1.807, 2.05) is 0 Å². The number of amidine groups is 1. The van der Waals surface area contributed by atoms with Gasteiger partial charge in [-0.05, 0) is 40.3 Å². The Morgan fingerprint density at radius 3 is 2.71 bits per heavy atom. The molecule has 0 aliphatic carbocycles. The van der Waals surface area contributed by atoms with Gasteiger partial charge in [-0.25, -0.2) is 0 Å². The van der Waals surface area contributed by atoms with Crippen LogP contribution in [-0.4, -0.2) is 48.4 Å². The van der Waals surface area contributed by atoms with Gasteiger partial charge in [0.1, 0.15) is 0 Å². The SMILES string of the molecule is CC(C)N(C)CCCN1CCCC1=N. The smallest absolute Gasteiger partial charge is 0.0958 e. The average molecular weight is 197 g/mol. The molecule has 1 aliphatic heterocycles. The fourth-order valence-corrected chi connectivity index (χ4v) is 1.75. The maximum atomic E-state index is 7.69. The van der Waals surface area contributed by atoms with Gasteiger partial charge >= 0.3 is 0 Å². The molecule has 0 unspecified atom stereocenters. The molecule has 0 bridgehead atoms. The third-order valence-corrected chi connectivity index (χ3v) is 3.04. The van der Waals surface area contributed by atoms with Gasteiger partial charge in [0.2, 0.25) is 0 Å². The van der Waals surface area contributed by atoms with Crippen LogP contribution in [0.25, 0.3) is 0 Å². The van der Waals surface area contributed by atoms with Gasteiger partial charge in [0.25, 0.3) is 0 Å². The van der Waals surface area contributed by atoms with E-state index in [-0.39, 0.29) is 0 Å². The van der Waals surface area contributed by atoms with E-state index in [2.05, 4.69) is 30.7 Å². The van der Waals surface area contributed by atoms with Gasteiger partial charge in [-0.2, -0.15) is 0 Å². The summed E-state index contributed by atoms with van der Waals surface area (Å²) in [5.41, 5.74) is 0. The van der Waals surface area contributed by atoms with Crippen molar-refractivity contribution in [2.24, 2.45) is 0 Å². The zero-order valence-electron chi connectivity index (χ0n) is 9.71. The zero-order valence-corrected chi connectivity index (χ0v) is 9.71. The molecule has 0 spiro atoms. The van der Waals surface area contributed by atoms with E-state index >= 15 is 0 Å². The van der Waals surface area contributed by atoms with Gasteiger partial charge in [0.05, 0.1) is 5.84 Å². The van der Waals surface area contributed by atoms with Crippen LogP contribution in [0, 0.1) is 5.41 Å². The minimum absolute atomic E-state index is 0.632. The number of hydrogen-bond acceptors (Lipinski definition) is 2. The molecule has 0 atom stereocenters. The van der Waals surface area contributed by atoms with Crippen molar-refractivity contribution in [3.05, 3.63) is 0 Å². The number of nitrogens with zero attached hydrogens (tertiary/aromatic N) is 2. The fraction of sp³-hybridized carbons (Fsp3) is 0.909. The lowest BCUT2D eigenvalue weighted by molar-refractivity contribution is 0.260. The largest absolute Gasteiger partial charge is 0.360 e. The molecular formula is C11H23N3. The monoisotopic (exact) mass is 197 g/mol. The Kier molecular flexibility index (Phi) is 4.39. The average Bonchev–Trinajstić information content (AvgIpc) is 2.51. The van der Waals surface area contributed by atoms with E-state index in [9.17, 15) is 0 Å². The summed E-state index contributed by atoms with van der Waals surface area (Å²) in [5.74, 6) is 0.845. The number of rotatable bonds is 5. The van der Waals surface area contributed by atoms with Crippen molar-refractivity contribution in [1.29, 1.82) is 5.41 Å². The van der Waals surface area contributed by atoms with Crippen LogP contribution in [0.1, 0.15) is 33.1 Å². The summed E-state index contributed by atoms with van der Waals surface area (Å²) in [7, 11) is 2.17. The van der Waals surface area contributed by atoms with Gasteiger partial charge in [-0.15, -0.1) is 0 Å². The molecule has 0 aromatic rings. The first-order chi connectivity index (χ1) is 6.61. The van der Waals surface area contributed by atoms with Crippen LogP contribution < -0.4 is 0 Å². The van der Waals surface area contributed by atoms with E-state index in [0.717, 1.165) is 31.9 Å². The Hall–Kier alpha value is -0.570. The van der Waals surface area contributed by atoms with E-state index in [0.29, 0.717) is 6.04 Å². The van der Waals surface area contributed by atoms with Crippen LogP contribution in [0.15, 0.2) is 0 Å². The van der Waals surface area contributed by atoms with Crippen LogP contribution in [0.4, 0.5) is 0 Å². The molecule has 1 rings (SSSR count). The van der Waals surface area contributed by atoms with Crippen molar-refractivity contribution in [2.45, 2.75) is 39.2 Å². The van der Waals surface area contributed by atoms with Gasteiger partial charge in [0.15, 0.2) is 0 Å². The van der Waals surface area contributed by atoms with Crippen LogP contribution in [0.5, 0.6) is 0 Å². The lowest BCUT2D eigenvalue weighted by Gasteiger charge is -2.23. The molecule has 1 heterocycles. The second-order valence-corrected chi connectivity index (χ2v) is 4.47. The number of likely N-dealkylation sites (tertiary alicyclic amines) is 1. The van der Waals surface area contributed by atoms with E-state index in [1.165, 1.54) is 12.8 Å². The van der Waals surface area contributed by atoms with Crippen LogP contribution in [0.2, 0.25) is 0 Å². The molecule has 3 nitrogen and oxygen atoms in total. The van der Waals surface area contributed by atoms with Crippen molar-refractivity contribution in [3.63, 3.8) is 0 Å². The summed E-state index contributed by atoms with van der Waals surface area (Å²) in [6.07, 6.45) is 3.34. The second-order valence-electron chi connectivity index (χ2n) is 4.47. The predicted molar refractivity (Wildman–Crippen MR) is 60.9 cm³/mol. The molecule has 1 N–H and O–H groups in total. The maximum Gasteiger partial charge on any atom is 0.0958 e. The zero-order chi connectivity index (χ0) is 10.6. The summed E-state index contributed by atoms with van der Waals surface area (Å²) < 4.78 is 0. The lowest BCUT2D eigenvalue weighted by Crippen LogP contribution is -2.31. The Morgan fingerprint density at radius 2 is 2.21 bits per heavy atom. The fourth-order valence-electron chi connectivity index (χ4n) is 1.75. The topological polar surface area (TPSA) is 30.3 Å². The highest BCUT2D eigenvalue weighted by atomic mass is 15.2. The summed E-state index contributed by atoms with van der Waals surface area (Å²) in [5, 5.41) is 7.69. The normalized spacial score (nSPS) is 17.5. The van der Waals surface area contributed by atoms with Crippen molar-refractivity contribution >= 4 is 5.84 Å². The van der Waals surface area contributed by atoms with Gasteiger partial charge in [-0.1, -0.05) is 0 Å². The predicted octanol–water partition coefficient (Wildman–Crippen LogP) is 1.79. The van der Waals surface area contributed by atoms with Crippen LogP contribution in [0.3, 0.4) is 0 Å². The molecule has 1 saturated heterocycles.